The Kier molecular flexibility index (Phi) is 67.7. The van der Waals surface area contributed by atoms with Crippen LogP contribution < -0.4 is 0 Å². The monoisotopic (exact) mass is 1400 g/mol. The maximum atomic E-state index is 13.1. The van der Waals surface area contributed by atoms with Gasteiger partial charge in [0.2, 0.25) is 0 Å². The Balaban J connectivity index is 5.19. The van der Waals surface area contributed by atoms with Crippen molar-refractivity contribution < 1.29 is 80.2 Å². The Labute approximate surface area is 581 Å². The van der Waals surface area contributed by atoms with Gasteiger partial charge in [-0.25, -0.2) is 9.13 Å². The highest BCUT2D eigenvalue weighted by molar-refractivity contribution is 7.47. The van der Waals surface area contributed by atoms with Gasteiger partial charge in [0.15, 0.2) is 12.2 Å². The van der Waals surface area contributed by atoms with Crippen LogP contribution >= 0.6 is 15.6 Å². The van der Waals surface area contributed by atoms with Crippen LogP contribution in [0.2, 0.25) is 0 Å². The number of aliphatic hydroxyl groups is 1. The lowest BCUT2D eigenvalue weighted by atomic mass is 10.0. The van der Waals surface area contributed by atoms with Crippen molar-refractivity contribution in [1.82, 2.24) is 0 Å². The van der Waals surface area contributed by atoms with Crippen molar-refractivity contribution in [1.29, 1.82) is 0 Å². The van der Waals surface area contributed by atoms with Gasteiger partial charge in [-0.05, 0) is 31.6 Å². The first-order valence-electron chi connectivity index (χ1n) is 39.6. The number of phosphoric ester groups is 2. The number of hydrogen-bond donors (Lipinski definition) is 3. The molecule has 2 unspecified atom stereocenters. The molecule has 564 valence electrons. The van der Waals surface area contributed by atoms with E-state index in [1.165, 1.54) is 212 Å². The largest absolute Gasteiger partial charge is 0.472 e. The SMILES string of the molecule is CCCCCCCCCCCCCCCCCCCC(=O)OC[C@H](COP(=O)(O)OC[C@@H](O)COP(=O)(O)OC[C@@H](COC(=O)CCCCCCCCC)OC(=O)CCCCCCCCCCCCCCC)OC(=O)CCCCCCCCCCCCCCCCCC(C)C. The molecule has 0 aromatic carbocycles. The van der Waals surface area contributed by atoms with Gasteiger partial charge in [0.1, 0.15) is 19.3 Å². The van der Waals surface area contributed by atoms with Crippen LogP contribution in [0, 0.1) is 5.92 Å². The lowest BCUT2D eigenvalue weighted by Crippen LogP contribution is -2.30. The highest BCUT2D eigenvalue weighted by Gasteiger charge is 2.30. The second-order valence-electron chi connectivity index (χ2n) is 27.9. The fourth-order valence-electron chi connectivity index (χ4n) is 11.7. The van der Waals surface area contributed by atoms with Crippen molar-refractivity contribution in [3.8, 4) is 0 Å². The molecule has 19 heteroatoms. The smallest absolute Gasteiger partial charge is 0.462 e. The Morgan fingerprint density at radius 1 is 0.284 bits per heavy atom. The molecule has 0 aliphatic heterocycles. The van der Waals surface area contributed by atoms with E-state index in [9.17, 15) is 43.2 Å². The normalized spacial score (nSPS) is 13.9. The van der Waals surface area contributed by atoms with Crippen molar-refractivity contribution in [3.63, 3.8) is 0 Å². The Morgan fingerprint density at radius 3 is 0.716 bits per heavy atom. The summed E-state index contributed by atoms with van der Waals surface area (Å²) in [5.74, 6) is -1.31. The zero-order valence-electron chi connectivity index (χ0n) is 61.8. The summed E-state index contributed by atoms with van der Waals surface area (Å²) in [5.41, 5.74) is 0. The van der Waals surface area contributed by atoms with E-state index in [1.807, 2.05) is 0 Å². The minimum Gasteiger partial charge on any atom is -0.462 e. The third-order valence-corrected chi connectivity index (χ3v) is 19.7. The van der Waals surface area contributed by atoms with Crippen molar-refractivity contribution in [2.24, 2.45) is 5.92 Å². The summed E-state index contributed by atoms with van der Waals surface area (Å²) in [5, 5.41) is 10.6. The molecule has 5 atom stereocenters. The van der Waals surface area contributed by atoms with Gasteiger partial charge in [0.25, 0.3) is 0 Å². The topological polar surface area (TPSA) is 237 Å². The third kappa shape index (κ3) is 70.3. The van der Waals surface area contributed by atoms with E-state index in [2.05, 4.69) is 34.6 Å². The average molecular weight is 1400 g/mol. The molecular formula is C76H148O17P2. The molecule has 0 saturated carbocycles. The van der Waals surface area contributed by atoms with Crippen LogP contribution in [-0.4, -0.2) is 96.7 Å². The summed E-state index contributed by atoms with van der Waals surface area (Å²) in [6.45, 7) is 7.29. The molecule has 0 fully saturated rings. The molecule has 0 aliphatic carbocycles. The number of unbranched alkanes of at least 4 members (excludes halogenated alkanes) is 48. The summed E-state index contributed by atoms with van der Waals surface area (Å²) in [6.07, 6.45) is 58.3. The van der Waals surface area contributed by atoms with E-state index >= 15 is 0 Å². The molecule has 0 rings (SSSR count). The molecule has 0 aromatic rings. The van der Waals surface area contributed by atoms with Crippen LogP contribution in [0.3, 0.4) is 0 Å². The standard InChI is InChI=1S/C76H148O17P2/c1-6-9-12-15-18-20-22-24-25-26-29-33-36-40-45-50-55-60-74(79)87-66-72(93-76(81)62-57-52-47-42-38-34-30-27-28-32-35-39-44-48-53-58-69(4)5)68-91-95(84,85)89-64-70(77)63-88-94(82,83)90-67-71(65-86-73(78)59-54-49-43-17-14-11-8-3)92-75(80)61-56-51-46-41-37-31-23-21-19-16-13-10-7-2/h69-72,77H,6-68H2,1-5H3,(H,82,83)(H,84,85)/t70-,71+,72+/m0/s1. The Morgan fingerprint density at radius 2 is 0.484 bits per heavy atom. The molecule has 0 heterocycles. The van der Waals surface area contributed by atoms with Crippen LogP contribution in [0.15, 0.2) is 0 Å². The second-order valence-corrected chi connectivity index (χ2v) is 30.8. The van der Waals surface area contributed by atoms with E-state index in [0.29, 0.717) is 25.7 Å². The van der Waals surface area contributed by atoms with Gasteiger partial charge in [-0.3, -0.25) is 37.3 Å². The predicted octanol–water partition coefficient (Wildman–Crippen LogP) is 22.5. The molecule has 95 heavy (non-hydrogen) atoms. The van der Waals surface area contributed by atoms with E-state index in [0.717, 1.165) is 109 Å². The molecule has 0 aliphatic rings. The van der Waals surface area contributed by atoms with Crippen molar-refractivity contribution >= 4 is 39.5 Å². The fourth-order valence-corrected chi connectivity index (χ4v) is 13.3. The third-order valence-electron chi connectivity index (χ3n) is 17.8. The second kappa shape index (κ2) is 69.2. The first-order valence-corrected chi connectivity index (χ1v) is 42.6. The van der Waals surface area contributed by atoms with E-state index in [-0.39, 0.29) is 25.7 Å². The number of carbonyl (C=O) groups is 4. The van der Waals surface area contributed by atoms with Crippen LogP contribution in [0.4, 0.5) is 0 Å². The average Bonchev–Trinajstić information content (AvgIpc) is 1.44. The zero-order valence-corrected chi connectivity index (χ0v) is 63.6. The van der Waals surface area contributed by atoms with Crippen molar-refractivity contribution in [2.75, 3.05) is 39.6 Å². The molecule has 0 radical (unpaired) electrons. The maximum absolute atomic E-state index is 13.1. The Bertz CT molecular complexity index is 1820. The molecule has 0 amide bonds. The van der Waals surface area contributed by atoms with E-state index < -0.39 is 97.5 Å². The Hall–Kier alpha value is -1.94. The summed E-state index contributed by atoms with van der Waals surface area (Å²) in [6, 6.07) is 0. The predicted molar refractivity (Wildman–Crippen MR) is 386 cm³/mol. The number of esters is 4. The molecule has 3 N–H and O–H groups in total. The number of phosphoric acid groups is 2. The summed E-state index contributed by atoms with van der Waals surface area (Å²) >= 11 is 0. The first-order chi connectivity index (χ1) is 46.0. The van der Waals surface area contributed by atoms with E-state index in [4.69, 9.17) is 37.0 Å². The molecule has 0 bridgehead atoms. The van der Waals surface area contributed by atoms with Crippen LogP contribution in [-0.2, 0) is 65.4 Å². The molecule has 0 spiro atoms. The van der Waals surface area contributed by atoms with Gasteiger partial charge in [-0.2, -0.15) is 0 Å². The summed E-state index contributed by atoms with van der Waals surface area (Å²) in [4.78, 5) is 72.7. The van der Waals surface area contributed by atoms with E-state index in [1.54, 1.807) is 0 Å². The minimum atomic E-state index is -4.96. The summed E-state index contributed by atoms with van der Waals surface area (Å²) in [7, 11) is -9.90. The van der Waals surface area contributed by atoms with Crippen LogP contribution in [0.1, 0.15) is 401 Å². The van der Waals surface area contributed by atoms with Gasteiger partial charge in [0.05, 0.1) is 26.4 Å². The number of aliphatic hydroxyl groups excluding tert-OH is 1. The molecule has 0 saturated heterocycles. The first kappa shape index (κ1) is 93.1. The molecular weight excluding hydrogens is 1250 g/mol. The highest BCUT2D eigenvalue weighted by atomic mass is 31.2. The van der Waals surface area contributed by atoms with Crippen molar-refractivity contribution in [3.05, 3.63) is 0 Å². The van der Waals surface area contributed by atoms with Gasteiger partial charge >= 0.3 is 39.5 Å². The van der Waals surface area contributed by atoms with Gasteiger partial charge in [-0.15, -0.1) is 0 Å². The number of ether oxygens (including phenoxy) is 4. The minimum absolute atomic E-state index is 0.108. The lowest BCUT2D eigenvalue weighted by molar-refractivity contribution is -0.161. The van der Waals surface area contributed by atoms with Gasteiger partial charge in [-0.1, -0.05) is 349 Å². The number of hydrogen-bond acceptors (Lipinski definition) is 15. The quantitative estimate of drug-likeness (QED) is 0.0222. The number of carbonyl (C=O) groups excluding carboxylic acids is 4. The maximum Gasteiger partial charge on any atom is 0.472 e. The van der Waals surface area contributed by atoms with Crippen LogP contribution in [0.5, 0.6) is 0 Å². The molecule has 0 aromatic heterocycles. The van der Waals surface area contributed by atoms with Crippen LogP contribution in [0.25, 0.3) is 0 Å². The van der Waals surface area contributed by atoms with Crippen molar-refractivity contribution in [2.45, 2.75) is 419 Å². The highest BCUT2D eigenvalue weighted by Crippen LogP contribution is 2.45. The fraction of sp³-hybridized carbons (Fsp3) is 0.947. The molecule has 17 nitrogen and oxygen atoms in total. The zero-order chi connectivity index (χ0) is 69.8. The number of rotatable bonds is 76. The van der Waals surface area contributed by atoms with Gasteiger partial charge < -0.3 is 33.8 Å². The summed E-state index contributed by atoms with van der Waals surface area (Å²) < 4.78 is 68.4. The van der Waals surface area contributed by atoms with Gasteiger partial charge in [0, 0.05) is 25.7 Å². The lowest BCUT2D eigenvalue weighted by Gasteiger charge is -2.21.